The number of ether oxygens (including phenoxy) is 2. The second-order valence-corrected chi connectivity index (χ2v) is 5.58. The van der Waals surface area contributed by atoms with Gasteiger partial charge in [-0.15, -0.1) is 0 Å². The molecule has 7 heteroatoms. The first-order valence-electron chi connectivity index (χ1n) is 7.59. The quantitative estimate of drug-likeness (QED) is 0.488. The molecule has 0 aliphatic carbocycles. The summed E-state index contributed by atoms with van der Waals surface area (Å²) in [6.07, 6.45) is 0. The lowest BCUT2D eigenvalue weighted by molar-refractivity contribution is 0.103. The molecular weight excluding hydrogens is 306 g/mol. The Morgan fingerprint density at radius 1 is 1.21 bits per heavy atom. The highest BCUT2D eigenvalue weighted by Gasteiger charge is 2.27. The minimum atomic E-state index is 0.0683. The predicted octanol–water partition coefficient (Wildman–Crippen LogP) is 1.40. The van der Waals surface area contributed by atoms with Crippen molar-refractivity contribution in [3.05, 3.63) is 58.7 Å². The molecule has 2 aromatic carbocycles. The topological polar surface area (TPSA) is 107 Å². The Kier molecular flexibility index (Phi) is 3.55. The number of fused-ring (bicyclic) bond motifs is 2. The third-order valence-corrected chi connectivity index (χ3v) is 3.93. The Bertz CT molecular complexity index is 856. The van der Waals surface area contributed by atoms with Gasteiger partial charge in [0.15, 0.2) is 5.96 Å². The molecule has 0 atom stereocenters. The summed E-state index contributed by atoms with van der Waals surface area (Å²) < 4.78 is 11.6. The number of nitrogens with one attached hydrogen (secondary N) is 1. The van der Waals surface area contributed by atoms with Crippen LogP contribution >= 0.6 is 0 Å². The molecule has 0 unspecified atom stereocenters. The Morgan fingerprint density at radius 2 is 2.12 bits per heavy atom. The Hall–Kier alpha value is -3.06. The highest BCUT2D eigenvalue weighted by atomic mass is 16.5. The van der Waals surface area contributed by atoms with Crippen molar-refractivity contribution in [3.8, 4) is 11.5 Å². The molecule has 0 saturated carbocycles. The van der Waals surface area contributed by atoms with Crippen molar-refractivity contribution in [1.29, 1.82) is 0 Å². The summed E-state index contributed by atoms with van der Waals surface area (Å²) in [5.74, 6) is 1.61. The van der Waals surface area contributed by atoms with Crippen LogP contribution in [0.1, 0.15) is 22.3 Å². The number of hydrogen-bond donors (Lipinski definition) is 3. The van der Waals surface area contributed by atoms with Gasteiger partial charge in [-0.2, -0.15) is 5.10 Å². The van der Waals surface area contributed by atoms with Crippen LogP contribution in [0.4, 0.5) is 0 Å². The van der Waals surface area contributed by atoms with Gasteiger partial charge in [0.2, 0.25) is 0 Å². The Morgan fingerprint density at radius 3 is 3.00 bits per heavy atom. The maximum absolute atomic E-state index is 6.05. The molecule has 2 aliphatic rings. The van der Waals surface area contributed by atoms with E-state index in [1.165, 1.54) is 0 Å². The van der Waals surface area contributed by atoms with E-state index >= 15 is 0 Å². The van der Waals surface area contributed by atoms with E-state index in [1.807, 2.05) is 36.4 Å². The zero-order valence-electron chi connectivity index (χ0n) is 13.0. The van der Waals surface area contributed by atoms with E-state index in [1.54, 1.807) is 0 Å². The molecule has 122 valence electrons. The number of guanidine groups is 1. The van der Waals surface area contributed by atoms with Gasteiger partial charge in [0.25, 0.3) is 0 Å². The van der Waals surface area contributed by atoms with Gasteiger partial charge in [-0.3, -0.25) is 5.43 Å². The highest BCUT2D eigenvalue weighted by Crippen LogP contribution is 2.39. The second kappa shape index (κ2) is 5.86. The molecule has 5 N–H and O–H groups in total. The fourth-order valence-electron chi connectivity index (χ4n) is 2.87. The maximum Gasteiger partial charge on any atom is 0.186 e. The van der Waals surface area contributed by atoms with Gasteiger partial charge < -0.3 is 20.9 Å². The van der Waals surface area contributed by atoms with Gasteiger partial charge in [0, 0.05) is 5.56 Å². The van der Waals surface area contributed by atoms with Crippen LogP contribution in [0.2, 0.25) is 0 Å². The summed E-state index contributed by atoms with van der Waals surface area (Å²) in [6, 6.07) is 11.8. The fraction of sp³-hybridized carbons (Fsp3) is 0.176. The minimum absolute atomic E-state index is 0.0683. The largest absolute Gasteiger partial charge is 0.456 e. The highest BCUT2D eigenvalue weighted by molar-refractivity contribution is 6.18. The lowest BCUT2D eigenvalue weighted by atomic mass is 9.93. The second-order valence-electron chi connectivity index (χ2n) is 5.58. The lowest BCUT2D eigenvalue weighted by Crippen LogP contribution is -2.24. The molecule has 7 nitrogen and oxygen atoms in total. The SMILES string of the molecule is NC(N)=NCc1ccc2c(c1)/C1=N/NCOCc3cccc(c31)O2. The first-order chi connectivity index (χ1) is 11.7. The zero-order valence-corrected chi connectivity index (χ0v) is 13.0. The smallest absolute Gasteiger partial charge is 0.186 e. The normalized spacial score (nSPS) is 16.9. The molecule has 2 heterocycles. The van der Waals surface area contributed by atoms with Crippen LogP contribution in [0.5, 0.6) is 11.5 Å². The van der Waals surface area contributed by atoms with Gasteiger partial charge >= 0.3 is 0 Å². The van der Waals surface area contributed by atoms with Gasteiger partial charge in [-0.25, -0.2) is 4.99 Å². The molecule has 0 amide bonds. The van der Waals surface area contributed by atoms with Crippen molar-refractivity contribution in [2.45, 2.75) is 13.2 Å². The first kappa shape index (κ1) is 14.5. The summed E-state index contributed by atoms with van der Waals surface area (Å²) in [7, 11) is 0. The van der Waals surface area contributed by atoms with Crippen molar-refractivity contribution in [2.75, 3.05) is 6.73 Å². The van der Waals surface area contributed by atoms with Crippen LogP contribution < -0.4 is 21.6 Å². The molecule has 4 rings (SSSR count). The van der Waals surface area contributed by atoms with Crippen molar-refractivity contribution in [3.63, 3.8) is 0 Å². The standard InChI is InChI=1S/C17H17N5O2/c18-17(19)20-7-10-4-5-13-12(6-10)16-15-11(8-23-9-21-22-16)2-1-3-14(15)24-13/h1-6,21H,7-9H2,(H4,18,19,20)/b22-16-. The molecule has 0 radical (unpaired) electrons. The number of nitrogens with two attached hydrogens (primary N) is 2. The van der Waals surface area contributed by atoms with Crippen molar-refractivity contribution in [1.82, 2.24) is 5.43 Å². The molecule has 0 bridgehead atoms. The van der Waals surface area contributed by atoms with Crippen LogP contribution in [0, 0.1) is 0 Å². The third kappa shape index (κ3) is 2.55. The number of rotatable bonds is 2. The minimum Gasteiger partial charge on any atom is -0.456 e. The fourth-order valence-corrected chi connectivity index (χ4v) is 2.87. The van der Waals surface area contributed by atoms with E-state index < -0.39 is 0 Å². The molecule has 2 aromatic rings. The van der Waals surface area contributed by atoms with E-state index in [-0.39, 0.29) is 5.96 Å². The van der Waals surface area contributed by atoms with Crippen molar-refractivity contribution in [2.24, 2.45) is 21.6 Å². The molecule has 2 aliphatic heterocycles. The average Bonchev–Trinajstić information content (AvgIpc) is 2.56. The maximum atomic E-state index is 6.05. The van der Waals surface area contributed by atoms with Crippen molar-refractivity contribution >= 4 is 11.7 Å². The predicted molar refractivity (Wildman–Crippen MR) is 90.9 cm³/mol. The van der Waals surface area contributed by atoms with Crippen LogP contribution in [0.15, 0.2) is 46.5 Å². The van der Waals surface area contributed by atoms with Crippen molar-refractivity contribution < 1.29 is 9.47 Å². The first-order valence-corrected chi connectivity index (χ1v) is 7.59. The van der Waals surface area contributed by atoms with E-state index in [9.17, 15) is 0 Å². The molecule has 24 heavy (non-hydrogen) atoms. The molecule has 0 saturated heterocycles. The summed E-state index contributed by atoms with van der Waals surface area (Å²) >= 11 is 0. The molecule has 0 aromatic heterocycles. The summed E-state index contributed by atoms with van der Waals surface area (Å²) in [5.41, 5.74) is 18.5. The number of nitrogens with zero attached hydrogens (tertiary/aromatic N) is 2. The van der Waals surface area contributed by atoms with Gasteiger partial charge in [-0.05, 0) is 29.3 Å². The number of aliphatic imine (C=N–C) groups is 1. The van der Waals surface area contributed by atoms with E-state index in [0.717, 1.165) is 39.5 Å². The van der Waals surface area contributed by atoms with Crippen LogP contribution in [-0.4, -0.2) is 18.4 Å². The number of hydrogen-bond acceptors (Lipinski definition) is 5. The molecule has 0 fully saturated rings. The Balaban J connectivity index is 1.83. The monoisotopic (exact) mass is 323 g/mol. The van der Waals surface area contributed by atoms with Gasteiger partial charge in [0.1, 0.15) is 23.9 Å². The van der Waals surface area contributed by atoms with Crippen LogP contribution in [-0.2, 0) is 17.9 Å². The third-order valence-electron chi connectivity index (χ3n) is 3.93. The zero-order chi connectivity index (χ0) is 16.5. The van der Waals surface area contributed by atoms with Gasteiger partial charge in [-0.1, -0.05) is 18.2 Å². The van der Waals surface area contributed by atoms with Crippen LogP contribution in [0.3, 0.4) is 0 Å². The van der Waals surface area contributed by atoms with E-state index in [0.29, 0.717) is 19.9 Å². The van der Waals surface area contributed by atoms with Crippen LogP contribution in [0.25, 0.3) is 0 Å². The summed E-state index contributed by atoms with van der Waals surface area (Å²) in [4.78, 5) is 4.06. The lowest BCUT2D eigenvalue weighted by Gasteiger charge is -2.26. The van der Waals surface area contributed by atoms with E-state index in [4.69, 9.17) is 20.9 Å². The summed E-state index contributed by atoms with van der Waals surface area (Å²) in [6.45, 7) is 1.27. The number of hydrazone groups is 1. The van der Waals surface area contributed by atoms with E-state index in [2.05, 4.69) is 15.5 Å². The molecule has 0 spiro atoms. The average molecular weight is 323 g/mol. The Labute approximate surface area is 139 Å². The van der Waals surface area contributed by atoms with Gasteiger partial charge in [0.05, 0.1) is 18.7 Å². The molecular formula is C17H17N5O2. The number of benzene rings is 2. The summed E-state index contributed by atoms with van der Waals surface area (Å²) in [5, 5.41) is 4.51.